The van der Waals surface area contributed by atoms with E-state index >= 15 is 0 Å². The highest BCUT2D eigenvalue weighted by molar-refractivity contribution is 5.79. The fourth-order valence-electron chi connectivity index (χ4n) is 2.60. The number of nitrogens with one attached hydrogen (secondary N) is 2. The van der Waals surface area contributed by atoms with Crippen LogP contribution in [0.5, 0.6) is 0 Å². The molecule has 0 aromatic carbocycles. The van der Waals surface area contributed by atoms with Crippen LogP contribution in [0.2, 0.25) is 0 Å². The third kappa shape index (κ3) is 7.84. The fraction of sp³-hybridized carbons (Fsp3) is 0.722. The summed E-state index contributed by atoms with van der Waals surface area (Å²) in [7, 11) is 0. The lowest BCUT2D eigenvalue weighted by atomic mass is 10.1. The first kappa shape index (κ1) is 18.8. The summed E-state index contributed by atoms with van der Waals surface area (Å²) < 4.78 is 16.5. The molecule has 2 N–H and O–H groups in total. The van der Waals surface area contributed by atoms with Crippen LogP contribution < -0.4 is 10.6 Å². The zero-order valence-corrected chi connectivity index (χ0v) is 14.8. The van der Waals surface area contributed by atoms with Crippen molar-refractivity contribution in [1.82, 2.24) is 10.6 Å². The molecule has 2 heterocycles. The molecule has 24 heavy (non-hydrogen) atoms. The molecule has 6 nitrogen and oxygen atoms in total. The Balaban J connectivity index is 1.73. The first-order chi connectivity index (χ1) is 11.9. The van der Waals surface area contributed by atoms with Crippen molar-refractivity contribution < 1.29 is 13.9 Å². The van der Waals surface area contributed by atoms with Crippen molar-refractivity contribution in [1.29, 1.82) is 0 Å². The monoisotopic (exact) mass is 337 g/mol. The summed E-state index contributed by atoms with van der Waals surface area (Å²) in [6.07, 6.45) is 7.28. The van der Waals surface area contributed by atoms with Crippen LogP contribution in [-0.4, -0.2) is 51.5 Å². The van der Waals surface area contributed by atoms with E-state index in [1.54, 1.807) is 6.26 Å². The van der Waals surface area contributed by atoms with E-state index in [4.69, 9.17) is 13.9 Å². The Morgan fingerprint density at radius 3 is 3.00 bits per heavy atom. The van der Waals surface area contributed by atoms with Gasteiger partial charge in [-0.1, -0.05) is 0 Å². The molecule has 1 aliphatic rings. The minimum atomic E-state index is 0.255. The van der Waals surface area contributed by atoms with Crippen molar-refractivity contribution in [3.05, 3.63) is 24.2 Å². The maximum Gasteiger partial charge on any atom is 0.191 e. The lowest BCUT2D eigenvalue weighted by molar-refractivity contribution is 0.0224. The van der Waals surface area contributed by atoms with Gasteiger partial charge in [0.05, 0.1) is 18.9 Å². The Bertz CT molecular complexity index is 442. The summed E-state index contributed by atoms with van der Waals surface area (Å²) in [5.41, 5.74) is 0. The Labute approximate surface area is 145 Å². The first-order valence-corrected chi connectivity index (χ1v) is 9.12. The number of rotatable bonds is 10. The van der Waals surface area contributed by atoms with Crippen molar-refractivity contribution in [3.8, 4) is 0 Å². The van der Waals surface area contributed by atoms with Gasteiger partial charge in [-0.3, -0.25) is 4.99 Å². The van der Waals surface area contributed by atoms with Gasteiger partial charge in [0, 0.05) is 39.3 Å². The molecule has 0 radical (unpaired) electrons. The normalized spacial score (nSPS) is 18.5. The molecule has 2 rings (SSSR count). The summed E-state index contributed by atoms with van der Waals surface area (Å²) in [4.78, 5) is 4.68. The molecule has 136 valence electrons. The van der Waals surface area contributed by atoms with Gasteiger partial charge in [-0.25, -0.2) is 0 Å². The SMILES string of the molecule is CCOCCCNC(=NCC1CCCCO1)NCCc1ccco1. The highest BCUT2D eigenvalue weighted by atomic mass is 16.5. The average Bonchev–Trinajstić information content (AvgIpc) is 3.13. The van der Waals surface area contributed by atoms with E-state index in [1.807, 2.05) is 19.1 Å². The van der Waals surface area contributed by atoms with Crippen molar-refractivity contribution in [3.63, 3.8) is 0 Å². The topological polar surface area (TPSA) is 68.0 Å². The van der Waals surface area contributed by atoms with Gasteiger partial charge in [0.15, 0.2) is 5.96 Å². The molecule has 0 spiro atoms. The number of furan rings is 1. The standard InChI is InChI=1S/C18H31N3O3/c1-2-22-12-6-10-19-18(20-11-9-16-8-5-14-23-16)21-15-17-7-3-4-13-24-17/h5,8,14,17H,2-4,6-7,9-13,15H2,1H3,(H2,19,20,21). The molecule has 1 aliphatic heterocycles. The van der Waals surface area contributed by atoms with Crippen LogP contribution >= 0.6 is 0 Å². The molecule has 1 fully saturated rings. The third-order valence-corrected chi connectivity index (χ3v) is 3.93. The number of guanidine groups is 1. The van der Waals surface area contributed by atoms with Gasteiger partial charge < -0.3 is 24.5 Å². The lowest BCUT2D eigenvalue weighted by Gasteiger charge is -2.21. The molecule has 1 aromatic heterocycles. The van der Waals surface area contributed by atoms with E-state index in [0.29, 0.717) is 6.54 Å². The molecule has 0 bridgehead atoms. The number of nitrogens with zero attached hydrogens (tertiary/aromatic N) is 1. The van der Waals surface area contributed by atoms with Gasteiger partial charge in [-0.2, -0.15) is 0 Å². The van der Waals surface area contributed by atoms with Crippen LogP contribution in [0, 0.1) is 0 Å². The number of ether oxygens (including phenoxy) is 2. The van der Waals surface area contributed by atoms with Gasteiger partial charge in [0.25, 0.3) is 0 Å². The summed E-state index contributed by atoms with van der Waals surface area (Å²) in [5.74, 6) is 1.82. The van der Waals surface area contributed by atoms with E-state index in [-0.39, 0.29) is 6.10 Å². The molecule has 1 unspecified atom stereocenters. The predicted octanol–water partition coefficient (Wildman–Crippen LogP) is 2.35. The molecule has 6 heteroatoms. The largest absolute Gasteiger partial charge is 0.469 e. The Morgan fingerprint density at radius 1 is 1.33 bits per heavy atom. The van der Waals surface area contributed by atoms with E-state index < -0.39 is 0 Å². The van der Waals surface area contributed by atoms with Crippen LogP contribution in [0.1, 0.15) is 38.4 Å². The average molecular weight is 337 g/mol. The van der Waals surface area contributed by atoms with Crippen LogP contribution in [0.15, 0.2) is 27.8 Å². The van der Waals surface area contributed by atoms with Gasteiger partial charge in [0.1, 0.15) is 5.76 Å². The van der Waals surface area contributed by atoms with Crippen molar-refractivity contribution >= 4 is 5.96 Å². The summed E-state index contributed by atoms with van der Waals surface area (Å²) in [5, 5.41) is 6.74. The second kappa shape index (κ2) is 11.9. The van der Waals surface area contributed by atoms with Gasteiger partial charge in [-0.15, -0.1) is 0 Å². The van der Waals surface area contributed by atoms with Gasteiger partial charge >= 0.3 is 0 Å². The van der Waals surface area contributed by atoms with Crippen LogP contribution in [0.3, 0.4) is 0 Å². The fourth-order valence-corrected chi connectivity index (χ4v) is 2.60. The molecule has 1 saturated heterocycles. The first-order valence-electron chi connectivity index (χ1n) is 9.12. The van der Waals surface area contributed by atoms with E-state index in [2.05, 4.69) is 15.6 Å². The van der Waals surface area contributed by atoms with Crippen LogP contribution in [0.4, 0.5) is 0 Å². The van der Waals surface area contributed by atoms with Gasteiger partial charge in [0.2, 0.25) is 0 Å². The molecule has 0 saturated carbocycles. The Morgan fingerprint density at radius 2 is 2.25 bits per heavy atom. The molecule has 1 atom stereocenters. The second-order valence-corrected chi connectivity index (χ2v) is 5.91. The van der Waals surface area contributed by atoms with Gasteiger partial charge in [-0.05, 0) is 44.7 Å². The highest BCUT2D eigenvalue weighted by Crippen LogP contribution is 2.12. The predicted molar refractivity (Wildman–Crippen MR) is 95.4 cm³/mol. The molecule has 0 aliphatic carbocycles. The molecule has 0 amide bonds. The second-order valence-electron chi connectivity index (χ2n) is 5.91. The number of hydrogen-bond donors (Lipinski definition) is 2. The smallest absolute Gasteiger partial charge is 0.191 e. The minimum absolute atomic E-state index is 0.255. The zero-order chi connectivity index (χ0) is 16.9. The summed E-state index contributed by atoms with van der Waals surface area (Å²) >= 11 is 0. The molecular formula is C18H31N3O3. The van der Waals surface area contributed by atoms with Crippen molar-refractivity contribution in [2.24, 2.45) is 4.99 Å². The quantitative estimate of drug-likeness (QED) is 0.390. The maximum atomic E-state index is 5.75. The highest BCUT2D eigenvalue weighted by Gasteiger charge is 2.13. The maximum absolute atomic E-state index is 5.75. The van der Waals surface area contributed by atoms with E-state index in [0.717, 1.165) is 63.9 Å². The van der Waals surface area contributed by atoms with Crippen LogP contribution in [0.25, 0.3) is 0 Å². The van der Waals surface area contributed by atoms with Crippen molar-refractivity contribution in [2.45, 2.75) is 45.1 Å². The molecular weight excluding hydrogens is 306 g/mol. The number of aliphatic imine (C=N–C) groups is 1. The minimum Gasteiger partial charge on any atom is -0.469 e. The lowest BCUT2D eigenvalue weighted by Crippen LogP contribution is -2.40. The zero-order valence-electron chi connectivity index (χ0n) is 14.8. The van der Waals surface area contributed by atoms with E-state index in [1.165, 1.54) is 12.8 Å². The van der Waals surface area contributed by atoms with E-state index in [9.17, 15) is 0 Å². The number of hydrogen-bond acceptors (Lipinski definition) is 4. The molecule has 1 aromatic rings. The Kier molecular flexibility index (Phi) is 9.34. The summed E-state index contributed by atoms with van der Waals surface area (Å²) in [6.45, 7) is 6.76. The third-order valence-electron chi connectivity index (χ3n) is 3.93. The summed E-state index contributed by atoms with van der Waals surface area (Å²) in [6, 6.07) is 3.90. The Hall–Kier alpha value is -1.53. The van der Waals surface area contributed by atoms with Crippen LogP contribution in [-0.2, 0) is 15.9 Å². The van der Waals surface area contributed by atoms with Crippen molar-refractivity contribution in [2.75, 3.05) is 39.5 Å².